The van der Waals surface area contributed by atoms with Gasteiger partial charge in [-0.3, -0.25) is 4.79 Å². The summed E-state index contributed by atoms with van der Waals surface area (Å²) in [5, 5.41) is 14.9. The molecule has 0 aromatic rings. The number of carboxylic acids is 1. The number of ether oxygens (including phenoxy) is 2. The monoisotopic (exact) mass is 302 g/mol. The number of hydrogen-bond acceptors (Lipinski definition) is 4. The number of nitrogens with one attached hydrogen (secondary N) is 2. The van der Waals surface area contributed by atoms with Crippen LogP contribution in [0.3, 0.4) is 0 Å². The Hall–Kier alpha value is -1.34. The van der Waals surface area contributed by atoms with E-state index in [1.54, 1.807) is 7.11 Å². The second kappa shape index (κ2) is 8.19. The predicted molar refractivity (Wildman–Crippen MR) is 77.2 cm³/mol. The number of hydrogen-bond donors (Lipinski definition) is 3. The molecule has 1 fully saturated rings. The van der Waals surface area contributed by atoms with Crippen LogP contribution in [0.4, 0.5) is 4.79 Å². The molecule has 1 aliphatic heterocycles. The SMILES string of the molecule is COCC(NC(=O)NCC1(C(=O)O)CCOCC1)C(C)C. The van der Waals surface area contributed by atoms with Crippen molar-refractivity contribution in [2.24, 2.45) is 11.3 Å². The van der Waals surface area contributed by atoms with Crippen molar-refractivity contribution in [1.82, 2.24) is 10.6 Å². The largest absolute Gasteiger partial charge is 0.481 e. The minimum atomic E-state index is -0.926. The van der Waals surface area contributed by atoms with Crippen LogP contribution in [-0.4, -0.2) is 56.6 Å². The van der Waals surface area contributed by atoms with Gasteiger partial charge in [-0.15, -0.1) is 0 Å². The van der Waals surface area contributed by atoms with E-state index in [9.17, 15) is 14.7 Å². The van der Waals surface area contributed by atoms with Crippen LogP contribution in [0.1, 0.15) is 26.7 Å². The summed E-state index contributed by atoms with van der Waals surface area (Å²) < 4.78 is 10.3. The first kappa shape index (κ1) is 17.7. The Kier molecular flexibility index (Phi) is 6.91. The highest BCUT2D eigenvalue weighted by Gasteiger charge is 2.40. The highest BCUT2D eigenvalue weighted by molar-refractivity contribution is 5.78. The fourth-order valence-electron chi connectivity index (χ4n) is 2.28. The number of carbonyl (C=O) groups excluding carboxylic acids is 1. The highest BCUT2D eigenvalue weighted by atomic mass is 16.5. The van der Waals surface area contributed by atoms with Gasteiger partial charge in [0.05, 0.1) is 18.1 Å². The maximum absolute atomic E-state index is 11.9. The molecule has 0 aliphatic carbocycles. The number of rotatable bonds is 7. The molecule has 21 heavy (non-hydrogen) atoms. The standard InChI is InChI=1S/C14H26N2O5/c1-10(2)11(8-20-3)16-13(19)15-9-14(12(17)18)4-6-21-7-5-14/h10-11H,4-9H2,1-3H3,(H,17,18)(H2,15,16,19). The summed E-state index contributed by atoms with van der Waals surface area (Å²) in [6.07, 6.45) is 0.822. The maximum atomic E-state index is 11.9. The molecule has 1 unspecified atom stereocenters. The second-order valence-corrected chi connectivity index (χ2v) is 5.83. The van der Waals surface area contributed by atoms with Gasteiger partial charge in [-0.2, -0.15) is 0 Å². The number of amides is 2. The number of carbonyl (C=O) groups is 2. The van der Waals surface area contributed by atoms with Gasteiger partial charge >= 0.3 is 12.0 Å². The van der Waals surface area contributed by atoms with Gasteiger partial charge in [0.1, 0.15) is 0 Å². The number of aliphatic carboxylic acids is 1. The molecule has 1 saturated heterocycles. The molecule has 0 saturated carbocycles. The molecule has 1 heterocycles. The molecule has 1 atom stereocenters. The minimum Gasteiger partial charge on any atom is -0.481 e. The Morgan fingerprint density at radius 1 is 1.33 bits per heavy atom. The molecule has 0 bridgehead atoms. The van der Waals surface area contributed by atoms with Crippen LogP contribution in [0.5, 0.6) is 0 Å². The quantitative estimate of drug-likeness (QED) is 0.647. The van der Waals surface area contributed by atoms with Crippen molar-refractivity contribution in [3.05, 3.63) is 0 Å². The van der Waals surface area contributed by atoms with Crippen molar-refractivity contribution >= 4 is 12.0 Å². The summed E-state index contributed by atoms with van der Waals surface area (Å²) in [5.74, 6) is -0.657. The lowest BCUT2D eigenvalue weighted by Crippen LogP contribution is -2.52. The van der Waals surface area contributed by atoms with Crippen LogP contribution in [0, 0.1) is 11.3 Å². The Bertz CT molecular complexity index is 353. The summed E-state index contributed by atoms with van der Waals surface area (Å²) in [7, 11) is 1.58. The molecule has 0 aromatic heterocycles. The van der Waals surface area contributed by atoms with Gasteiger partial charge in [-0.1, -0.05) is 13.8 Å². The van der Waals surface area contributed by atoms with Crippen molar-refractivity contribution in [2.75, 3.05) is 33.5 Å². The highest BCUT2D eigenvalue weighted by Crippen LogP contribution is 2.30. The molecule has 122 valence electrons. The van der Waals surface area contributed by atoms with E-state index >= 15 is 0 Å². The second-order valence-electron chi connectivity index (χ2n) is 5.83. The van der Waals surface area contributed by atoms with Crippen LogP contribution in [0.15, 0.2) is 0 Å². The van der Waals surface area contributed by atoms with Gasteiger partial charge < -0.3 is 25.2 Å². The number of urea groups is 1. The van der Waals surface area contributed by atoms with Crippen LogP contribution >= 0.6 is 0 Å². The van der Waals surface area contributed by atoms with E-state index in [4.69, 9.17) is 9.47 Å². The van der Waals surface area contributed by atoms with Gasteiger partial charge in [0.25, 0.3) is 0 Å². The van der Waals surface area contributed by atoms with Gasteiger partial charge in [0.15, 0.2) is 0 Å². The molecule has 0 spiro atoms. The molecule has 7 nitrogen and oxygen atoms in total. The third-order valence-electron chi connectivity index (χ3n) is 3.96. The van der Waals surface area contributed by atoms with E-state index in [1.165, 1.54) is 0 Å². The van der Waals surface area contributed by atoms with E-state index in [-0.39, 0.29) is 24.5 Å². The minimum absolute atomic E-state index is 0.106. The average Bonchev–Trinajstić information content (AvgIpc) is 2.45. The molecule has 3 N–H and O–H groups in total. The maximum Gasteiger partial charge on any atom is 0.315 e. The Labute approximate surface area is 125 Å². The van der Waals surface area contributed by atoms with E-state index < -0.39 is 11.4 Å². The van der Waals surface area contributed by atoms with Crippen molar-refractivity contribution in [3.63, 3.8) is 0 Å². The summed E-state index contributed by atoms with van der Waals surface area (Å²) >= 11 is 0. The third kappa shape index (κ3) is 5.17. The van der Waals surface area contributed by atoms with Gasteiger partial charge in [-0.25, -0.2) is 4.79 Å². The first-order valence-corrected chi connectivity index (χ1v) is 7.26. The first-order chi connectivity index (χ1) is 9.91. The summed E-state index contributed by atoms with van der Waals surface area (Å²) in [6, 6.07) is -0.469. The van der Waals surface area contributed by atoms with Gasteiger partial charge in [0.2, 0.25) is 0 Å². The molecule has 7 heteroatoms. The number of carboxylic acid groups (broad SMARTS) is 1. The molecule has 1 rings (SSSR count). The van der Waals surface area contributed by atoms with E-state index in [0.717, 1.165) is 0 Å². The topological polar surface area (TPSA) is 96.9 Å². The van der Waals surface area contributed by atoms with Crippen LogP contribution in [-0.2, 0) is 14.3 Å². The van der Waals surface area contributed by atoms with E-state index in [2.05, 4.69) is 10.6 Å². The molecule has 0 radical (unpaired) electrons. The van der Waals surface area contributed by atoms with E-state index in [1.807, 2.05) is 13.8 Å². The zero-order valence-corrected chi connectivity index (χ0v) is 13.0. The third-order valence-corrected chi connectivity index (χ3v) is 3.96. The Morgan fingerprint density at radius 3 is 2.43 bits per heavy atom. The Balaban J connectivity index is 2.51. The fraction of sp³-hybridized carbons (Fsp3) is 0.857. The molecule has 2 amide bonds. The van der Waals surface area contributed by atoms with Crippen molar-refractivity contribution < 1.29 is 24.2 Å². The zero-order chi connectivity index (χ0) is 15.9. The lowest BCUT2D eigenvalue weighted by atomic mass is 9.80. The average molecular weight is 302 g/mol. The van der Waals surface area contributed by atoms with Crippen molar-refractivity contribution in [3.8, 4) is 0 Å². The van der Waals surface area contributed by atoms with Crippen LogP contribution in [0.25, 0.3) is 0 Å². The smallest absolute Gasteiger partial charge is 0.315 e. The summed E-state index contributed by atoms with van der Waals surface area (Å²) in [5.41, 5.74) is -0.926. The lowest BCUT2D eigenvalue weighted by Gasteiger charge is -2.33. The zero-order valence-electron chi connectivity index (χ0n) is 13.0. The summed E-state index contributed by atoms with van der Waals surface area (Å²) in [6.45, 7) is 5.32. The molecular weight excluding hydrogens is 276 g/mol. The molecular formula is C14H26N2O5. The first-order valence-electron chi connectivity index (χ1n) is 7.26. The lowest BCUT2D eigenvalue weighted by molar-refractivity contribution is -0.154. The molecule has 0 aromatic carbocycles. The van der Waals surface area contributed by atoms with Gasteiger partial charge in [0, 0.05) is 26.9 Å². The predicted octanol–water partition coefficient (Wildman–Crippen LogP) is 0.838. The fourth-order valence-corrected chi connectivity index (χ4v) is 2.28. The Morgan fingerprint density at radius 2 is 1.95 bits per heavy atom. The van der Waals surface area contributed by atoms with Crippen LogP contribution < -0.4 is 10.6 Å². The van der Waals surface area contributed by atoms with E-state index in [0.29, 0.717) is 32.7 Å². The van der Waals surface area contributed by atoms with Gasteiger partial charge in [-0.05, 0) is 18.8 Å². The number of methoxy groups -OCH3 is 1. The normalized spacial score (nSPS) is 19.0. The van der Waals surface area contributed by atoms with Crippen molar-refractivity contribution in [2.45, 2.75) is 32.7 Å². The molecule has 1 aliphatic rings. The summed E-state index contributed by atoms with van der Waals surface area (Å²) in [4.78, 5) is 23.4. The van der Waals surface area contributed by atoms with Crippen molar-refractivity contribution in [1.29, 1.82) is 0 Å². The van der Waals surface area contributed by atoms with Crippen LogP contribution in [0.2, 0.25) is 0 Å².